The lowest BCUT2D eigenvalue weighted by atomic mass is 9.84. The van der Waals surface area contributed by atoms with E-state index in [1.807, 2.05) is 23.1 Å². The van der Waals surface area contributed by atoms with Crippen LogP contribution < -0.4 is 0 Å². The van der Waals surface area contributed by atoms with Gasteiger partial charge in [0, 0.05) is 33.2 Å². The van der Waals surface area contributed by atoms with Gasteiger partial charge in [0.05, 0.1) is 12.1 Å². The van der Waals surface area contributed by atoms with E-state index in [9.17, 15) is 9.59 Å². The Morgan fingerprint density at radius 2 is 1.80 bits per heavy atom. The van der Waals surface area contributed by atoms with Gasteiger partial charge in [0.25, 0.3) is 0 Å². The molecule has 5 heteroatoms. The Morgan fingerprint density at radius 3 is 2.48 bits per heavy atom. The standard InChI is InChI=1S/C20H28N2O3/c1-25-20(17-8-4-2-5-9-17)11-14-21(15-12-20)19(24)16-22-13-7-3-6-10-18(22)23/h2,4-5,8-9H,3,6-7,10-16H2,1H3. The quantitative estimate of drug-likeness (QED) is 0.843. The third-order valence-corrected chi connectivity index (χ3v) is 5.61. The fraction of sp³-hybridized carbons (Fsp3) is 0.600. The molecule has 1 aromatic carbocycles. The Hall–Kier alpha value is -1.88. The summed E-state index contributed by atoms with van der Waals surface area (Å²) in [6, 6.07) is 10.2. The van der Waals surface area contributed by atoms with Gasteiger partial charge in [-0.1, -0.05) is 36.8 Å². The number of likely N-dealkylation sites (tertiary alicyclic amines) is 2. The van der Waals surface area contributed by atoms with E-state index < -0.39 is 0 Å². The first kappa shape index (κ1) is 17.9. The van der Waals surface area contributed by atoms with Crippen LogP contribution in [0.1, 0.15) is 44.1 Å². The molecule has 2 aliphatic heterocycles. The maximum atomic E-state index is 12.7. The molecule has 25 heavy (non-hydrogen) atoms. The monoisotopic (exact) mass is 344 g/mol. The van der Waals surface area contributed by atoms with Crippen LogP contribution in [0, 0.1) is 0 Å². The number of ether oxygens (including phenoxy) is 1. The molecule has 2 amide bonds. The molecule has 2 aliphatic rings. The SMILES string of the molecule is COC1(c2ccccc2)CCN(C(=O)CN2CCCCCC2=O)CC1. The first-order valence-corrected chi connectivity index (χ1v) is 9.31. The molecule has 5 nitrogen and oxygen atoms in total. The molecule has 2 saturated heterocycles. The predicted octanol–water partition coefficient (Wildman–Crippen LogP) is 2.55. The Balaban J connectivity index is 1.59. The highest BCUT2D eigenvalue weighted by Gasteiger charge is 2.37. The summed E-state index contributed by atoms with van der Waals surface area (Å²) in [6.07, 6.45) is 5.17. The lowest BCUT2D eigenvalue weighted by molar-refractivity contribution is -0.144. The van der Waals surface area contributed by atoms with Gasteiger partial charge in [-0.25, -0.2) is 0 Å². The highest BCUT2D eigenvalue weighted by molar-refractivity contribution is 5.85. The molecule has 0 unspecified atom stereocenters. The van der Waals surface area contributed by atoms with Crippen LogP contribution in [0.25, 0.3) is 0 Å². The summed E-state index contributed by atoms with van der Waals surface area (Å²) in [4.78, 5) is 28.4. The van der Waals surface area contributed by atoms with Crippen molar-refractivity contribution in [1.82, 2.24) is 9.80 Å². The molecule has 3 rings (SSSR count). The van der Waals surface area contributed by atoms with Gasteiger partial charge < -0.3 is 14.5 Å². The first-order chi connectivity index (χ1) is 12.1. The summed E-state index contributed by atoms with van der Waals surface area (Å²) in [5.41, 5.74) is 0.864. The lowest BCUT2D eigenvalue weighted by Crippen LogP contribution is -2.49. The number of methoxy groups -OCH3 is 1. The summed E-state index contributed by atoms with van der Waals surface area (Å²) in [5.74, 6) is 0.186. The number of carbonyl (C=O) groups excluding carboxylic acids is 2. The molecule has 2 heterocycles. The number of amides is 2. The third kappa shape index (κ3) is 4.03. The van der Waals surface area contributed by atoms with Crippen molar-refractivity contribution in [2.75, 3.05) is 33.3 Å². The summed E-state index contributed by atoms with van der Waals surface area (Å²) in [5, 5.41) is 0. The van der Waals surface area contributed by atoms with E-state index in [1.165, 1.54) is 5.56 Å². The summed E-state index contributed by atoms with van der Waals surface area (Å²) >= 11 is 0. The highest BCUT2D eigenvalue weighted by atomic mass is 16.5. The van der Waals surface area contributed by atoms with E-state index in [0.29, 0.717) is 26.1 Å². The van der Waals surface area contributed by atoms with Crippen molar-refractivity contribution < 1.29 is 14.3 Å². The van der Waals surface area contributed by atoms with Gasteiger partial charge in [0.2, 0.25) is 11.8 Å². The average molecular weight is 344 g/mol. The average Bonchev–Trinajstić information content (AvgIpc) is 2.87. The predicted molar refractivity (Wildman–Crippen MR) is 96.0 cm³/mol. The van der Waals surface area contributed by atoms with Crippen molar-refractivity contribution in [3.8, 4) is 0 Å². The van der Waals surface area contributed by atoms with E-state index in [0.717, 1.165) is 32.1 Å². The van der Waals surface area contributed by atoms with Crippen LogP contribution in [0.15, 0.2) is 30.3 Å². The third-order valence-electron chi connectivity index (χ3n) is 5.61. The normalized spacial score (nSPS) is 21.1. The largest absolute Gasteiger partial charge is 0.373 e. The van der Waals surface area contributed by atoms with Gasteiger partial charge in [-0.3, -0.25) is 9.59 Å². The second-order valence-electron chi connectivity index (χ2n) is 7.07. The van der Waals surface area contributed by atoms with Crippen molar-refractivity contribution in [2.24, 2.45) is 0 Å². The minimum absolute atomic E-state index is 0.0630. The topological polar surface area (TPSA) is 49.9 Å². The second-order valence-corrected chi connectivity index (χ2v) is 7.07. The van der Waals surface area contributed by atoms with E-state index in [2.05, 4.69) is 12.1 Å². The van der Waals surface area contributed by atoms with Gasteiger partial charge >= 0.3 is 0 Å². The zero-order chi connectivity index (χ0) is 17.7. The molecule has 0 saturated carbocycles. The summed E-state index contributed by atoms with van der Waals surface area (Å²) in [7, 11) is 1.75. The van der Waals surface area contributed by atoms with Crippen molar-refractivity contribution >= 4 is 11.8 Å². The Kier molecular flexibility index (Phi) is 5.74. The summed E-state index contributed by atoms with van der Waals surface area (Å²) < 4.78 is 5.87. The maximum absolute atomic E-state index is 12.7. The molecule has 1 aromatic rings. The molecular formula is C20H28N2O3. The molecule has 0 radical (unpaired) electrons. The molecule has 0 atom stereocenters. The van der Waals surface area contributed by atoms with Crippen LogP contribution >= 0.6 is 0 Å². The molecular weight excluding hydrogens is 316 g/mol. The van der Waals surface area contributed by atoms with Crippen LogP contribution in [0.2, 0.25) is 0 Å². The molecule has 0 spiro atoms. The molecule has 0 bridgehead atoms. The van der Waals surface area contributed by atoms with Crippen LogP contribution in [-0.2, 0) is 19.9 Å². The van der Waals surface area contributed by atoms with Crippen LogP contribution in [-0.4, -0.2) is 54.9 Å². The fourth-order valence-electron chi connectivity index (χ4n) is 3.94. The molecule has 136 valence electrons. The van der Waals surface area contributed by atoms with Crippen molar-refractivity contribution in [3.63, 3.8) is 0 Å². The number of hydrogen-bond acceptors (Lipinski definition) is 3. The Morgan fingerprint density at radius 1 is 1.08 bits per heavy atom. The number of hydrogen-bond donors (Lipinski definition) is 0. The number of benzene rings is 1. The highest BCUT2D eigenvalue weighted by Crippen LogP contribution is 2.36. The lowest BCUT2D eigenvalue weighted by Gasteiger charge is -2.41. The van der Waals surface area contributed by atoms with E-state index in [1.54, 1.807) is 12.0 Å². The van der Waals surface area contributed by atoms with Gasteiger partial charge in [0.1, 0.15) is 0 Å². The van der Waals surface area contributed by atoms with Crippen molar-refractivity contribution in [2.45, 2.75) is 44.1 Å². The summed E-state index contributed by atoms with van der Waals surface area (Å²) in [6.45, 7) is 2.28. The van der Waals surface area contributed by atoms with Crippen LogP contribution in [0.3, 0.4) is 0 Å². The van der Waals surface area contributed by atoms with Crippen LogP contribution in [0.5, 0.6) is 0 Å². The zero-order valence-electron chi connectivity index (χ0n) is 15.1. The zero-order valence-corrected chi connectivity index (χ0v) is 15.1. The molecule has 2 fully saturated rings. The van der Waals surface area contributed by atoms with Crippen molar-refractivity contribution in [3.05, 3.63) is 35.9 Å². The number of nitrogens with zero attached hydrogens (tertiary/aromatic N) is 2. The van der Waals surface area contributed by atoms with Gasteiger partial charge in [-0.15, -0.1) is 0 Å². The Bertz CT molecular complexity index is 594. The maximum Gasteiger partial charge on any atom is 0.242 e. The molecule has 0 aliphatic carbocycles. The van der Waals surface area contributed by atoms with Crippen molar-refractivity contribution in [1.29, 1.82) is 0 Å². The molecule has 0 N–H and O–H groups in total. The second kappa shape index (κ2) is 8.00. The number of rotatable bonds is 4. The number of carbonyl (C=O) groups is 2. The van der Waals surface area contributed by atoms with Gasteiger partial charge in [-0.05, 0) is 31.2 Å². The van der Waals surface area contributed by atoms with Gasteiger partial charge in [-0.2, -0.15) is 0 Å². The smallest absolute Gasteiger partial charge is 0.242 e. The number of piperidine rings is 1. The van der Waals surface area contributed by atoms with Gasteiger partial charge in [0.15, 0.2) is 0 Å². The minimum atomic E-state index is -0.309. The van der Waals surface area contributed by atoms with Crippen LogP contribution in [0.4, 0.5) is 0 Å². The van der Waals surface area contributed by atoms with E-state index in [-0.39, 0.29) is 24.0 Å². The fourth-order valence-corrected chi connectivity index (χ4v) is 3.94. The minimum Gasteiger partial charge on any atom is -0.373 e. The first-order valence-electron chi connectivity index (χ1n) is 9.31. The van der Waals surface area contributed by atoms with E-state index >= 15 is 0 Å². The Labute approximate surface area is 149 Å². The van der Waals surface area contributed by atoms with E-state index in [4.69, 9.17) is 4.74 Å². The molecule has 0 aromatic heterocycles.